The minimum absolute atomic E-state index is 0.143. The molecule has 1 aromatic carbocycles. The van der Waals surface area contributed by atoms with E-state index in [1.807, 2.05) is 37.1 Å². The zero-order valence-corrected chi connectivity index (χ0v) is 16.1. The summed E-state index contributed by atoms with van der Waals surface area (Å²) in [6, 6.07) is 9.88. The molecule has 0 spiro atoms. The van der Waals surface area contributed by atoms with Crippen LogP contribution in [-0.2, 0) is 11.3 Å². The molecule has 142 valence electrons. The van der Waals surface area contributed by atoms with Crippen molar-refractivity contribution in [1.82, 2.24) is 20.4 Å². The van der Waals surface area contributed by atoms with Crippen molar-refractivity contribution in [1.29, 1.82) is 0 Å². The predicted molar refractivity (Wildman–Crippen MR) is 103 cm³/mol. The number of urea groups is 1. The van der Waals surface area contributed by atoms with Gasteiger partial charge >= 0.3 is 6.03 Å². The largest absolute Gasteiger partial charge is 0.356 e. The van der Waals surface area contributed by atoms with E-state index in [1.165, 1.54) is 10.5 Å². The molecular formula is C19H29N5O2. The van der Waals surface area contributed by atoms with Gasteiger partial charge in [-0.2, -0.15) is 0 Å². The fourth-order valence-electron chi connectivity index (χ4n) is 2.94. The van der Waals surface area contributed by atoms with Gasteiger partial charge in [-0.25, -0.2) is 4.79 Å². The molecule has 1 atom stereocenters. The summed E-state index contributed by atoms with van der Waals surface area (Å²) in [6.45, 7) is 5.45. The number of hydrogen-bond donors (Lipinski definition) is 2. The topological polar surface area (TPSA) is 77.0 Å². The molecule has 2 rings (SSSR count). The number of carbonyl (C=O) groups is 2. The van der Waals surface area contributed by atoms with Crippen LogP contribution in [0.2, 0.25) is 0 Å². The first-order valence-electron chi connectivity index (χ1n) is 9.01. The predicted octanol–water partition coefficient (Wildman–Crippen LogP) is 1.80. The second-order valence-electron chi connectivity index (χ2n) is 6.74. The van der Waals surface area contributed by atoms with Crippen molar-refractivity contribution in [2.24, 2.45) is 4.99 Å². The first-order chi connectivity index (χ1) is 12.4. The molecular weight excluding hydrogens is 330 g/mol. The third-order valence-electron chi connectivity index (χ3n) is 4.73. The minimum Gasteiger partial charge on any atom is -0.356 e. The summed E-state index contributed by atoms with van der Waals surface area (Å²) in [5.41, 5.74) is 0.437. The summed E-state index contributed by atoms with van der Waals surface area (Å²) in [5.74, 6) is 0.639. The van der Waals surface area contributed by atoms with Crippen molar-refractivity contribution >= 4 is 17.9 Å². The van der Waals surface area contributed by atoms with Gasteiger partial charge in [-0.3, -0.25) is 14.7 Å². The fourth-order valence-corrected chi connectivity index (χ4v) is 2.94. The molecule has 0 aliphatic carbocycles. The number of benzene rings is 1. The van der Waals surface area contributed by atoms with Gasteiger partial charge in [0.25, 0.3) is 5.91 Å². The minimum atomic E-state index is -0.767. The van der Waals surface area contributed by atoms with Crippen LogP contribution in [0, 0.1) is 0 Å². The van der Waals surface area contributed by atoms with Gasteiger partial charge in [0.1, 0.15) is 5.54 Å². The van der Waals surface area contributed by atoms with Crippen molar-refractivity contribution in [2.75, 3.05) is 27.2 Å². The first-order valence-corrected chi connectivity index (χ1v) is 9.01. The Morgan fingerprint density at radius 2 is 2.00 bits per heavy atom. The summed E-state index contributed by atoms with van der Waals surface area (Å²) in [6.07, 6.45) is 1.25. The van der Waals surface area contributed by atoms with E-state index < -0.39 is 5.54 Å². The monoisotopic (exact) mass is 359 g/mol. The summed E-state index contributed by atoms with van der Waals surface area (Å²) < 4.78 is 0. The van der Waals surface area contributed by atoms with Crippen LogP contribution in [0.25, 0.3) is 0 Å². The molecule has 1 aliphatic rings. The van der Waals surface area contributed by atoms with Gasteiger partial charge in [0.15, 0.2) is 5.96 Å². The van der Waals surface area contributed by atoms with E-state index in [4.69, 9.17) is 0 Å². The molecule has 1 unspecified atom stereocenters. The highest BCUT2D eigenvalue weighted by molar-refractivity contribution is 6.06. The number of aliphatic imine (C=N–C) groups is 1. The number of imide groups is 1. The quantitative estimate of drug-likeness (QED) is 0.337. The van der Waals surface area contributed by atoms with E-state index in [2.05, 4.69) is 27.8 Å². The standard InChI is InChI=1S/C19H29N5O2/c1-5-19(2)16(25)24(18(26)22-19)13-9-12-21-17(20-3)23(4)14-15-10-7-6-8-11-15/h6-8,10-11H,5,9,12-14H2,1-4H3,(H,20,21)(H,22,26). The summed E-state index contributed by atoms with van der Waals surface area (Å²) in [7, 11) is 3.72. The average molecular weight is 359 g/mol. The molecule has 1 aromatic rings. The molecule has 3 amide bonds. The highest BCUT2D eigenvalue weighted by atomic mass is 16.2. The van der Waals surface area contributed by atoms with Crippen LogP contribution < -0.4 is 10.6 Å². The van der Waals surface area contributed by atoms with E-state index in [1.54, 1.807) is 14.0 Å². The van der Waals surface area contributed by atoms with Crippen LogP contribution in [0.5, 0.6) is 0 Å². The van der Waals surface area contributed by atoms with E-state index in [0.29, 0.717) is 25.9 Å². The molecule has 2 N–H and O–H groups in total. The van der Waals surface area contributed by atoms with Crippen molar-refractivity contribution in [3.8, 4) is 0 Å². The Balaban J connectivity index is 1.79. The van der Waals surface area contributed by atoms with Gasteiger partial charge in [-0.1, -0.05) is 37.3 Å². The summed E-state index contributed by atoms with van der Waals surface area (Å²) in [5, 5.41) is 6.06. The van der Waals surface area contributed by atoms with Crippen LogP contribution in [0.4, 0.5) is 4.79 Å². The van der Waals surface area contributed by atoms with Gasteiger partial charge in [0, 0.05) is 33.7 Å². The highest BCUT2D eigenvalue weighted by Gasteiger charge is 2.45. The summed E-state index contributed by atoms with van der Waals surface area (Å²) in [4.78, 5) is 32.0. The maximum atomic E-state index is 12.4. The summed E-state index contributed by atoms with van der Waals surface area (Å²) >= 11 is 0. The number of carbonyl (C=O) groups excluding carboxylic acids is 2. The third-order valence-corrected chi connectivity index (χ3v) is 4.73. The van der Waals surface area contributed by atoms with Crippen molar-refractivity contribution < 1.29 is 9.59 Å². The lowest BCUT2D eigenvalue weighted by Crippen LogP contribution is -2.43. The van der Waals surface area contributed by atoms with E-state index >= 15 is 0 Å². The van der Waals surface area contributed by atoms with Gasteiger partial charge < -0.3 is 15.5 Å². The van der Waals surface area contributed by atoms with E-state index in [0.717, 1.165) is 12.5 Å². The van der Waals surface area contributed by atoms with Crippen molar-refractivity contribution in [3.05, 3.63) is 35.9 Å². The zero-order chi connectivity index (χ0) is 19.2. The molecule has 1 fully saturated rings. The third kappa shape index (κ3) is 4.53. The Labute approximate surface area is 155 Å². The molecule has 1 aliphatic heterocycles. The van der Waals surface area contributed by atoms with Crippen LogP contribution in [0.1, 0.15) is 32.3 Å². The van der Waals surface area contributed by atoms with Crippen molar-refractivity contribution in [2.45, 2.75) is 38.8 Å². The molecule has 7 nitrogen and oxygen atoms in total. The van der Waals surface area contributed by atoms with Crippen LogP contribution in [0.3, 0.4) is 0 Å². The Hall–Kier alpha value is -2.57. The Bertz CT molecular complexity index is 661. The van der Waals surface area contributed by atoms with Gasteiger partial charge in [-0.15, -0.1) is 0 Å². The molecule has 1 heterocycles. The second-order valence-corrected chi connectivity index (χ2v) is 6.74. The Morgan fingerprint density at radius 1 is 1.31 bits per heavy atom. The van der Waals surface area contributed by atoms with Gasteiger partial charge in [-0.05, 0) is 25.3 Å². The molecule has 26 heavy (non-hydrogen) atoms. The SMILES string of the molecule is CCC1(C)NC(=O)N(CCCNC(=NC)N(C)Cc2ccccc2)C1=O. The molecule has 0 radical (unpaired) electrons. The maximum absolute atomic E-state index is 12.4. The number of nitrogens with zero attached hydrogens (tertiary/aromatic N) is 3. The first kappa shape index (κ1) is 19.8. The lowest BCUT2D eigenvalue weighted by Gasteiger charge is -2.23. The highest BCUT2D eigenvalue weighted by Crippen LogP contribution is 2.20. The normalized spacial score (nSPS) is 20.3. The Morgan fingerprint density at radius 3 is 2.58 bits per heavy atom. The maximum Gasteiger partial charge on any atom is 0.325 e. The second kappa shape index (κ2) is 8.69. The van der Waals surface area contributed by atoms with Gasteiger partial charge in [0.2, 0.25) is 0 Å². The van der Waals surface area contributed by atoms with Crippen LogP contribution >= 0.6 is 0 Å². The fraction of sp³-hybridized carbons (Fsp3) is 0.526. The number of hydrogen-bond acceptors (Lipinski definition) is 3. The molecule has 1 saturated heterocycles. The van der Waals surface area contributed by atoms with Crippen LogP contribution in [-0.4, -0.2) is 60.4 Å². The number of amides is 3. The van der Waals surface area contributed by atoms with Crippen molar-refractivity contribution in [3.63, 3.8) is 0 Å². The van der Waals surface area contributed by atoms with E-state index in [9.17, 15) is 9.59 Å². The Kier molecular flexibility index (Phi) is 6.60. The molecule has 0 bridgehead atoms. The number of nitrogens with one attached hydrogen (secondary N) is 2. The van der Waals surface area contributed by atoms with Crippen LogP contribution in [0.15, 0.2) is 35.3 Å². The average Bonchev–Trinajstić information content (AvgIpc) is 2.85. The number of guanidine groups is 1. The zero-order valence-electron chi connectivity index (χ0n) is 16.1. The number of rotatable bonds is 7. The van der Waals surface area contributed by atoms with Gasteiger partial charge in [0.05, 0.1) is 0 Å². The molecule has 0 aromatic heterocycles. The molecule has 0 saturated carbocycles. The molecule has 7 heteroatoms. The lowest BCUT2D eigenvalue weighted by molar-refractivity contribution is -0.130. The van der Waals surface area contributed by atoms with E-state index in [-0.39, 0.29) is 11.9 Å². The lowest BCUT2D eigenvalue weighted by atomic mass is 9.99. The smallest absolute Gasteiger partial charge is 0.325 e.